The van der Waals surface area contributed by atoms with Gasteiger partial charge in [-0.25, -0.2) is 0 Å². The fraction of sp³-hybridized carbons (Fsp3) is 0.364. The molecule has 0 aliphatic heterocycles. The standard InChI is InChI=1S/C11H14BrNO/c1-8(7-12)10-4-3-5-11(6-10)13-9(2)14/h3-6,8H,7H2,1-2H3,(H,13,14). The van der Waals surface area contributed by atoms with E-state index in [0.29, 0.717) is 5.92 Å². The van der Waals surface area contributed by atoms with Gasteiger partial charge < -0.3 is 5.32 Å². The summed E-state index contributed by atoms with van der Waals surface area (Å²) in [6, 6.07) is 7.93. The minimum atomic E-state index is -0.0337. The number of alkyl halides is 1. The number of rotatable bonds is 3. The Bertz CT molecular complexity index is 325. The number of nitrogens with one attached hydrogen (secondary N) is 1. The highest BCUT2D eigenvalue weighted by atomic mass is 79.9. The predicted octanol–water partition coefficient (Wildman–Crippen LogP) is 3.14. The molecule has 3 heteroatoms. The van der Waals surface area contributed by atoms with Gasteiger partial charge in [0, 0.05) is 17.9 Å². The molecule has 0 aliphatic carbocycles. The van der Waals surface area contributed by atoms with Crippen LogP contribution in [0.15, 0.2) is 24.3 Å². The topological polar surface area (TPSA) is 29.1 Å². The van der Waals surface area contributed by atoms with Gasteiger partial charge in [-0.3, -0.25) is 4.79 Å². The molecule has 0 saturated carbocycles. The molecule has 0 saturated heterocycles. The van der Waals surface area contributed by atoms with Gasteiger partial charge in [-0.05, 0) is 23.6 Å². The van der Waals surface area contributed by atoms with Crippen LogP contribution in [0.5, 0.6) is 0 Å². The first-order chi connectivity index (χ1) is 6.63. The molecule has 0 heterocycles. The second-order valence-corrected chi connectivity index (χ2v) is 4.01. The molecule has 0 bridgehead atoms. The number of benzene rings is 1. The van der Waals surface area contributed by atoms with Gasteiger partial charge in [0.15, 0.2) is 0 Å². The van der Waals surface area contributed by atoms with E-state index in [1.54, 1.807) is 0 Å². The van der Waals surface area contributed by atoms with Crippen LogP contribution in [0.25, 0.3) is 0 Å². The molecule has 1 N–H and O–H groups in total. The monoisotopic (exact) mass is 255 g/mol. The molecule has 1 atom stereocenters. The van der Waals surface area contributed by atoms with Crippen LogP contribution in [0.4, 0.5) is 5.69 Å². The van der Waals surface area contributed by atoms with Gasteiger partial charge in [0.05, 0.1) is 0 Å². The SMILES string of the molecule is CC(=O)Nc1cccc(C(C)CBr)c1. The first kappa shape index (κ1) is 11.2. The van der Waals surface area contributed by atoms with E-state index in [2.05, 4.69) is 34.2 Å². The molecular formula is C11H14BrNO. The Hall–Kier alpha value is -0.830. The number of anilines is 1. The van der Waals surface area contributed by atoms with Gasteiger partial charge in [-0.1, -0.05) is 35.0 Å². The van der Waals surface area contributed by atoms with Crippen molar-refractivity contribution in [3.8, 4) is 0 Å². The lowest BCUT2D eigenvalue weighted by atomic mass is 10.0. The maximum absolute atomic E-state index is 10.8. The van der Waals surface area contributed by atoms with E-state index in [1.165, 1.54) is 12.5 Å². The Balaban J connectivity index is 2.83. The molecule has 0 aromatic heterocycles. The highest BCUT2D eigenvalue weighted by Gasteiger charge is 2.04. The van der Waals surface area contributed by atoms with Crippen LogP contribution in [-0.2, 0) is 4.79 Å². The number of carbonyl (C=O) groups excluding carboxylic acids is 1. The van der Waals surface area contributed by atoms with Crippen LogP contribution in [0, 0.1) is 0 Å². The minimum absolute atomic E-state index is 0.0337. The Labute approximate surface area is 92.8 Å². The molecule has 2 nitrogen and oxygen atoms in total. The van der Waals surface area contributed by atoms with Crippen LogP contribution in [0.2, 0.25) is 0 Å². The zero-order valence-corrected chi connectivity index (χ0v) is 9.97. The molecule has 1 aromatic carbocycles. The van der Waals surface area contributed by atoms with Crippen molar-refractivity contribution in [1.82, 2.24) is 0 Å². The summed E-state index contributed by atoms with van der Waals surface area (Å²) in [5, 5.41) is 3.70. The maximum Gasteiger partial charge on any atom is 0.221 e. The normalized spacial score (nSPS) is 12.2. The smallest absolute Gasteiger partial charge is 0.221 e. The van der Waals surface area contributed by atoms with Gasteiger partial charge in [0.25, 0.3) is 0 Å². The number of halogens is 1. The van der Waals surface area contributed by atoms with Crippen LogP contribution >= 0.6 is 15.9 Å². The van der Waals surface area contributed by atoms with Crippen molar-refractivity contribution in [3.05, 3.63) is 29.8 Å². The second kappa shape index (κ2) is 5.15. The summed E-state index contributed by atoms with van der Waals surface area (Å²) >= 11 is 3.44. The Morgan fingerprint density at radius 2 is 2.29 bits per heavy atom. The summed E-state index contributed by atoms with van der Waals surface area (Å²) in [4.78, 5) is 10.8. The molecule has 0 aliphatic rings. The van der Waals surface area contributed by atoms with E-state index < -0.39 is 0 Å². The maximum atomic E-state index is 10.8. The first-order valence-electron chi connectivity index (χ1n) is 4.57. The third kappa shape index (κ3) is 3.14. The zero-order chi connectivity index (χ0) is 10.6. The van der Waals surface area contributed by atoms with E-state index >= 15 is 0 Å². The summed E-state index contributed by atoms with van der Waals surface area (Å²) in [5.41, 5.74) is 2.09. The average Bonchev–Trinajstić information content (AvgIpc) is 2.16. The van der Waals surface area contributed by atoms with Crippen molar-refractivity contribution in [2.75, 3.05) is 10.6 Å². The van der Waals surface area contributed by atoms with Crippen molar-refractivity contribution >= 4 is 27.5 Å². The third-order valence-corrected chi connectivity index (χ3v) is 2.98. The number of hydrogen-bond acceptors (Lipinski definition) is 1. The average molecular weight is 256 g/mol. The lowest BCUT2D eigenvalue weighted by Gasteiger charge is -2.10. The number of carbonyl (C=O) groups is 1. The molecular weight excluding hydrogens is 242 g/mol. The quantitative estimate of drug-likeness (QED) is 0.827. The third-order valence-electron chi connectivity index (χ3n) is 2.01. The molecule has 14 heavy (non-hydrogen) atoms. The first-order valence-corrected chi connectivity index (χ1v) is 5.69. The van der Waals surface area contributed by atoms with E-state index in [1.807, 2.05) is 18.2 Å². The molecule has 0 fully saturated rings. The van der Waals surface area contributed by atoms with Crippen molar-refractivity contribution in [3.63, 3.8) is 0 Å². The lowest BCUT2D eigenvalue weighted by molar-refractivity contribution is -0.114. The van der Waals surface area contributed by atoms with Gasteiger partial charge in [0.2, 0.25) is 5.91 Å². The Kier molecular flexibility index (Phi) is 4.14. The van der Waals surface area contributed by atoms with Crippen molar-refractivity contribution in [2.45, 2.75) is 19.8 Å². The number of hydrogen-bond donors (Lipinski definition) is 1. The number of amides is 1. The second-order valence-electron chi connectivity index (χ2n) is 3.36. The summed E-state index contributed by atoms with van der Waals surface area (Å²) in [6.07, 6.45) is 0. The van der Waals surface area contributed by atoms with Crippen molar-refractivity contribution in [2.24, 2.45) is 0 Å². The van der Waals surface area contributed by atoms with Crippen LogP contribution in [0.3, 0.4) is 0 Å². The fourth-order valence-electron chi connectivity index (χ4n) is 1.22. The van der Waals surface area contributed by atoms with Gasteiger partial charge in [-0.15, -0.1) is 0 Å². The molecule has 0 spiro atoms. The Morgan fingerprint density at radius 1 is 1.57 bits per heavy atom. The molecule has 1 aromatic rings. The fourth-order valence-corrected chi connectivity index (χ4v) is 1.59. The zero-order valence-electron chi connectivity index (χ0n) is 8.38. The van der Waals surface area contributed by atoms with Crippen molar-refractivity contribution in [1.29, 1.82) is 0 Å². The van der Waals surface area contributed by atoms with Gasteiger partial charge in [0.1, 0.15) is 0 Å². The summed E-state index contributed by atoms with van der Waals surface area (Å²) < 4.78 is 0. The van der Waals surface area contributed by atoms with Crippen LogP contribution in [-0.4, -0.2) is 11.2 Å². The summed E-state index contributed by atoms with van der Waals surface area (Å²) in [7, 11) is 0. The van der Waals surface area contributed by atoms with Gasteiger partial charge in [-0.2, -0.15) is 0 Å². The molecule has 76 valence electrons. The lowest BCUT2D eigenvalue weighted by Crippen LogP contribution is -2.06. The van der Waals surface area contributed by atoms with E-state index in [9.17, 15) is 4.79 Å². The highest BCUT2D eigenvalue weighted by Crippen LogP contribution is 2.20. The molecule has 1 unspecified atom stereocenters. The van der Waals surface area contributed by atoms with E-state index in [4.69, 9.17) is 0 Å². The molecule has 0 radical (unpaired) electrons. The van der Waals surface area contributed by atoms with Crippen molar-refractivity contribution < 1.29 is 4.79 Å². The van der Waals surface area contributed by atoms with E-state index in [0.717, 1.165) is 11.0 Å². The van der Waals surface area contributed by atoms with Crippen LogP contribution in [0.1, 0.15) is 25.3 Å². The van der Waals surface area contributed by atoms with Gasteiger partial charge >= 0.3 is 0 Å². The molecule has 1 rings (SSSR count). The Morgan fingerprint density at radius 3 is 2.86 bits per heavy atom. The minimum Gasteiger partial charge on any atom is -0.326 e. The van der Waals surface area contributed by atoms with E-state index in [-0.39, 0.29) is 5.91 Å². The summed E-state index contributed by atoms with van der Waals surface area (Å²) in [5.74, 6) is 0.428. The summed E-state index contributed by atoms with van der Waals surface area (Å²) in [6.45, 7) is 3.65. The molecule has 1 amide bonds. The predicted molar refractivity (Wildman–Crippen MR) is 63.0 cm³/mol. The van der Waals surface area contributed by atoms with Crippen LogP contribution < -0.4 is 5.32 Å². The largest absolute Gasteiger partial charge is 0.326 e. The highest BCUT2D eigenvalue weighted by molar-refractivity contribution is 9.09.